The van der Waals surface area contributed by atoms with E-state index in [2.05, 4.69) is 13.8 Å². The molecule has 0 unspecified atom stereocenters. The molecule has 8 nitrogen and oxygen atoms in total. The van der Waals surface area contributed by atoms with Crippen LogP contribution in [0.15, 0.2) is 27.6 Å². The molecule has 6 rings (SSSR count). The zero-order valence-corrected chi connectivity index (χ0v) is 19.8. The van der Waals surface area contributed by atoms with Crippen LogP contribution in [-0.4, -0.2) is 41.5 Å². The zero-order valence-electron chi connectivity index (χ0n) is 19.0. The highest BCUT2D eigenvalue weighted by Crippen LogP contribution is 2.78. The van der Waals surface area contributed by atoms with Gasteiger partial charge in [-0.15, -0.1) is 0 Å². The predicted octanol–water partition coefficient (Wildman–Crippen LogP) is 3.20. The maximum atomic E-state index is 11.8. The first-order chi connectivity index (χ1) is 15.4. The first kappa shape index (κ1) is 22.2. The Hall–Kier alpha value is -1.26. The quantitative estimate of drug-likeness (QED) is 0.499. The molecule has 182 valence electrons. The molecular formula is C24H32O8S. The van der Waals surface area contributed by atoms with Crippen molar-refractivity contribution in [1.29, 1.82) is 0 Å². The summed E-state index contributed by atoms with van der Waals surface area (Å²) in [5.74, 6) is 0.869. The van der Waals surface area contributed by atoms with Gasteiger partial charge in [0.05, 0.1) is 24.1 Å². The highest BCUT2D eigenvalue weighted by Gasteiger charge is 2.81. The molecule has 4 aliphatic carbocycles. The summed E-state index contributed by atoms with van der Waals surface area (Å²) in [6, 6.07) is 3.39. The van der Waals surface area contributed by atoms with E-state index in [9.17, 15) is 18.3 Å². The fraction of sp³-hybridized carbons (Fsp3) is 0.792. The number of aliphatic hydroxyl groups is 1. The van der Waals surface area contributed by atoms with Gasteiger partial charge in [-0.2, -0.15) is 8.42 Å². The van der Waals surface area contributed by atoms with Gasteiger partial charge in [-0.25, -0.2) is 8.98 Å². The van der Waals surface area contributed by atoms with Gasteiger partial charge in [0.25, 0.3) is 0 Å². The van der Waals surface area contributed by atoms with Crippen molar-refractivity contribution in [3.63, 3.8) is 0 Å². The van der Waals surface area contributed by atoms with Crippen molar-refractivity contribution in [3.8, 4) is 0 Å². The van der Waals surface area contributed by atoms with Crippen LogP contribution in [0.4, 0.5) is 0 Å². The van der Waals surface area contributed by atoms with E-state index >= 15 is 0 Å². The summed E-state index contributed by atoms with van der Waals surface area (Å²) < 4.78 is 48.2. The molecule has 5 fully saturated rings. The van der Waals surface area contributed by atoms with E-state index in [4.69, 9.17) is 17.9 Å². The van der Waals surface area contributed by atoms with Gasteiger partial charge in [0.15, 0.2) is 0 Å². The van der Waals surface area contributed by atoms with Crippen LogP contribution < -0.4 is 5.63 Å². The highest BCUT2D eigenvalue weighted by atomic mass is 32.3. The second-order valence-corrected chi connectivity index (χ2v) is 12.7. The number of hydrogen-bond acceptors (Lipinski definition) is 7. The summed E-state index contributed by atoms with van der Waals surface area (Å²) in [6.45, 7) is 4.48. The van der Waals surface area contributed by atoms with Crippen LogP contribution in [0.1, 0.15) is 76.7 Å². The third-order valence-corrected chi connectivity index (χ3v) is 11.1. The molecule has 4 saturated carbocycles. The second kappa shape index (κ2) is 6.69. The molecule has 0 bridgehead atoms. The molecule has 1 aromatic heterocycles. The number of rotatable bonds is 3. The first-order valence-electron chi connectivity index (χ1n) is 12.1. The lowest BCUT2D eigenvalue weighted by atomic mass is 9.42. The van der Waals surface area contributed by atoms with Crippen LogP contribution in [0, 0.1) is 22.7 Å². The van der Waals surface area contributed by atoms with Crippen LogP contribution in [-0.2, 0) is 19.3 Å². The Kier molecular flexibility index (Phi) is 4.51. The van der Waals surface area contributed by atoms with Crippen molar-refractivity contribution in [1.82, 2.24) is 0 Å². The fourth-order valence-corrected chi connectivity index (χ4v) is 9.48. The minimum absolute atomic E-state index is 0.0597. The lowest BCUT2D eigenvalue weighted by molar-refractivity contribution is -0.221. The molecule has 2 N–H and O–H groups in total. The molecule has 1 aromatic rings. The SMILES string of the molecule is C[C@]12CC[C@H](OS(=O)(=O)O)C[C@@]1(O)CC[C@@H]1[C@@H]2CC[C@]2(C)[C@@H](c3ccc(=O)oc3)C[C@H]3O[C@]132. The number of fused-ring (bicyclic) bond motifs is 3. The largest absolute Gasteiger partial charge is 0.431 e. The van der Waals surface area contributed by atoms with Crippen LogP contribution >= 0.6 is 0 Å². The first-order valence-corrected chi connectivity index (χ1v) is 13.4. The molecule has 9 heteroatoms. The molecule has 0 aromatic carbocycles. The van der Waals surface area contributed by atoms with Gasteiger partial charge < -0.3 is 14.3 Å². The normalized spacial score (nSPS) is 50.6. The maximum Gasteiger partial charge on any atom is 0.397 e. The van der Waals surface area contributed by atoms with Gasteiger partial charge in [0, 0.05) is 17.9 Å². The Bertz CT molecular complexity index is 1130. The van der Waals surface area contributed by atoms with E-state index in [0.717, 1.165) is 31.2 Å². The molecule has 1 aliphatic heterocycles. The smallest absolute Gasteiger partial charge is 0.397 e. The lowest BCUT2D eigenvalue weighted by Crippen LogP contribution is -2.65. The Balaban J connectivity index is 1.30. The second-order valence-electron chi connectivity index (χ2n) is 11.6. The lowest BCUT2D eigenvalue weighted by Gasteiger charge is -2.64. The zero-order chi connectivity index (χ0) is 23.4. The topological polar surface area (TPSA) is 127 Å². The van der Waals surface area contributed by atoms with Gasteiger partial charge in [0.1, 0.15) is 5.60 Å². The maximum absolute atomic E-state index is 11.8. The van der Waals surface area contributed by atoms with Gasteiger partial charge in [-0.1, -0.05) is 13.8 Å². The summed E-state index contributed by atoms with van der Waals surface area (Å²) in [5.41, 5.74) is -0.947. The van der Waals surface area contributed by atoms with Crippen LogP contribution in [0.25, 0.3) is 0 Å². The molecule has 33 heavy (non-hydrogen) atoms. The fourth-order valence-electron chi connectivity index (χ4n) is 8.97. The Morgan fingerprint density at radius 3 is 2.48 bits per heavy atom. The van der Waals surface area contributed by atoms with E-state index in [1.165, 1.54) is 6.07 Å². The van der Waals surface area contributed by atoms with Crippen molar-refractivity contribution < 1.29 is 31.4 Å². The van der Waals surface area contributed by atoms with E-state index in [-0.39, 0.29) is 46.4 Å². The average molecular weight is 481 g/mol. The molecule has 2 heterocycles. The molecular weight excluding hydrogens is 448 g/mol. The average Bonchev–Trinajstić information content (AvgIpc) is 3.38. The Morgan fingerprint density at radius 2 is 1.79 bits per heavy atom. The number of epoxide rings is 1. The minimum atomic E-state index is -4.55. The van der Waals surface area contributed by atoms with Crippen LogP contribution in [0.3, 0.4) is 0 Å². The molecule has 1 saturated heterocycles. The van der Waals surface area contributed by atoms with E-state index in [1.54, 1.807) is 6.26 Å². The standard InChI is InChI=1S/C24H32O8S/c1-21-8-5-15(32-33(27,28)29)12-23(21,26)10-7-17-16(21)6-9-22(2)18(11-19-24(17,22)31-19)14-3-4-20(25)30-13-14/h3-4,13,15-19,26H,5-12H2,1-2H3,(H,27,28,29)/t15-,16-,17+,18+,19+,21+,22+,23-,24+/m0/s1. The summed E-state index contributed by atoms with van der Waals surface area (Å²) >= 11 is 0. The van der Waals surface area contributed by atoms with E-state index in [0.29, 0.717) is 25.2 Å². The van der Waals surface area contributed by atoms with Crippen molar-refractivity contribution in [2.24, 2.45) is 22.7 Å². The molecule has 5 aliphatic rings. The Morgan fingerprint density at radius 1 is 1.06 bits per heavy atom. The van der Waals surface area contributed by atoms with Crippen LogP contribution in [0.5, 0.6) is 0 Å². The van der Waals surface area contributed by atoms with Crippen LogP contribution in [0.2, 0.25) is 0 Å². The molecule has 0 radical (unpaired) electrons. The predicted molar refractivity (Wildman–Crippen MR) is 117 cm³/mol. The molecule has 1 spiro atoms. The third kappa shape index (κ3) is 2.89. The summed E-state index contributed by atoms with van der Waals surface area (Å²) in [7, 11) is -4.55. The van der Waals surface area contributed by atoms with Gasteiger partial charge in [-0.05, 0) is 79.7 Å². The summed E-state index contributed by atoms with van der Waals surface area (Å²) in [5, 5.41) is 11.8. The monoisotopic (exact) mass is 480 g/mol. The summed E-state index contributed by atoms with van der Waals surface area (Å²) in [6.07, 6.45) is 6.67. The van der Waals surface area contributed by atoms with Gasteiger partial charge in [-0.3, -0.25) is 4.55 Å². The number of ether oxygens (including phenoxy) is 1. The minimum Gasteiger partial charge on any atom is -0.431 e. The van der Waals surface area contributed by atoms with Crippen molar-refractivity contribution in [3.05, 3.63) is 34.4 Å². The van der Waals surface area contributed by atoms with Gasteiger partial charge in [0.2, 0.25) is 0 Å². The third-order valence-electron chi connectivity index (χ3n) is 10.6. The van der Waals surface area contributed by atoms with Crippen molar-refractivity contribution in [2.75, 3.05) is 0 Å². The Labute approximate surface area is 193 Å². The van der Waals surface area contributed by atoms with Gasteiger partial charge >= 0.3 is 16.0 Å². The number of hydrogen-bond donors (Lipinski definition) is 2. The van der Waals surface area contributed by atoms with E-state index < -0.39 is 22.1 Å². The van der Waals surface area contributed by atoms with E-state index in [1.807, 2.05) is 6.07 Å². The highest BCUT2D eigenvalue weighted by molar-refractivity contribution is 7.80. The summed E-state index contributed by atoms with van der Waals surface area (Å²) in [4.78, 5) is 11.5. The molecule has 0 amide bonds. The van der Waals surface area contributed by atoms with Crippen molar-refractivity contribution in [2.45, 2.75) is 94.5 Å². The van der Waals surface area contributed by atoms with Crippen molar-refractivity contribution >= 4 is 10.4 Å². The molecule has 9 atom stereocenters.